The van der Waals surface area contributed by atoms with Crippen LogP contribution in [0.15, 0.2) is 71.9 Å². The van der Waals surface area contributed by atoms with Crippen molar-refractivity contribution in [2.24, 2.45) is 11.1 Å². The van der Waals surface area contributed by atoms with Gasteiger partial charge in [0.2, 0.25) is 0 Å². The van der Waals surface area contributed by atoms with Crippen LogP contribution in [0, 0.1) is 5.92 Å². The Bertz CT molecular complexity index is 1200. The zero-order valence-electron chi connectivity index (χ0n) is 20.1. The van der Waals surface area contributed by atoms with Crippen molar-refractivity contribution in [3.8, 4) is 5.75 Å². The van der Waals surface area contributed by atoms with E-state index in [1.165, 1.54) is 27.8 Å². The van der Waals surface area contributed by atoms with E-state index in [4.69, 9.17) is 14.7 Å². The van der Waals surface area contributed by atoms with Crippen molar-refractivity contribution in [3.05, 3.63) is 100 Å². The Morgan fingerprint density at radius 3 is 2.26 bits per heavy atom. The van der Waals surface area contributed by atoms with E-state index < -0.39 is 5.97 Å². The summed E-state index contributed by atoms with van der Waals surface area (Å²) in [7, 11) is 0. The number of nitrogens with zero attached hydrogens (tertiary/aromatic N) is 1. The third kappa shape index (κ3) is 5.24. The van der Waals surface area contributed by atoms with Crippen LogP contribution in [-0.2, 0) is 35.3 Å². The summed E-state index contributed by atoms with van der Waals surface area (Å²) in [6, 6.07) is 23.0. The predicted molar refractivity (Wildman–Crippen MR) is 136 cm³/mol. The molecule has 0 radical (unpaired) electrons. The van der Waals surface area contributed by atoms with E-state index in [1.807, 2.05) is 12.1 Å². The number of oxime groups is 1. The molecule has 2 aliphatic carbocycles. The maximum Gasteiger partial charge on any atom is 0.341 e. The predicted octanol–water partition coefficient (Wildman–Crippen LogP) is 5.93. The highest BCUT2D eigenvalue weighted by molar-refractivity contribution is 5.81. The number of fused-ring (bicyclic) bond motifs is 3. The van der Waals surface area contributed by atoms with Gasteiger partial charge >= 0.3 is 5.97 Å². The standard InChI is InChI=1S/C30H31NO4/c1-20(17-21-13-16-25-24(18-21)9-6-12-28(25)34-19-29(32)33)31-35-30-26-10-4-2-7-22(26)14-15-23-8-3-5-11-27(23)30/h2-12,21,30H,13-19H2,1H3,(H,32,33). The number of benzene rings is 3. The van der Waals surface area contributed by atoms with E-state index in [0.717, 1.165) is 49.8 Å². The smallest absolute Gasteiger partial charge is 0.341 e. The zero-order valence-corrected chi connectivity index (χ0v) is 20.1. The van der Waals surface area contributed by atoms with Crippen molar-refractivity contribution in [2.45, 2.75) is 51.6 Å². The lowest BCUT2D eigenvalue weighted by molar-refractivity contribution is -0.139. The number of rotatable bonds is 7. The SMILES string of the molecule is CC(CC1CCc2c(cccc2OCC(=O)O)C1)=NOC1c2ccccc2CCc2ccccc21. The molecule has 35 heavy (non-hydrogen) atoms. The number of aliphatic carboxylic acids is 1. The fraction of sp³-hybridized carbons (Fsp3) is 0.333. The van der Waals surface area contributed by atoms with Crippen molar-refractivity contribution in [1.82, 2.24) is 0 Å². The lowest BCUT2D eigenvalue weighted by Gasteiger charge is -2.26. The summed E-state index contributed by atoms with van der Waals surface area (Å²) in [5.41, 5.74) is 8.43. The van der Waals surface area contributed by atoms with Crippen LogP contribution in [0.25, 0.3) is 0 Å². The Balaban J connectivity index is 1.29. The third-order valence-corrected chi connectivity index (χ3v) is 7.13. The molecule has 0 fully saturated rings. The van der Waals surface area contributed by atoms with Crippen LogP contribution in [0.5, 0.6) is 5.75 Å². The molecular weight excluding hydrogens is 438 g/mol. The Morgan fingerprint density at radius 2 is 1.57 bits per heavy atom. The zero-order chi connectivity index (χ0) is 24.2. The Hall–Kier alpha value is -3.60. The second kappa shape index (κ2) is 10.3. The first kappa shape index (κ1) is 23.2. The normalized spacial score (nSPS) is 17.5. The summed E-state index contributed by atoms with van der Waals surface area (Å²) < 4.78 is 5.51. The molecular formula is C30H31NO4. The second-order valence-corrected chi connectivity index (χ2v) is 9.60. The largest absolute Gasteiger partial charge is 0.482 e. The summed E-state index contributed by atoms with van der Waals surface area (Å²) in [6.45, 7) is 1.74. The van der Waals surface area contributed by atoms with Crippen LogP contribution in [-0.4, -0.2) is 23.4 Å². The van der Waals surface area contributed by atoms with Crippen molar-refractivity contribution < 1.29 is 19.5 Å². The molecule has 0 amide bonds. The van der Waals surface area contributed by atoms with Gasteiger partial charge in [0.15, 0.2) is 12.7 Å². The van der Waals surface area contributed by atoms with Crippen molar-refractivity contribution in [3.63, 3.8) is 0 Å². The highest BCUT2D eigenvalue weighted by Gasteiger charge is 2.26. The molecule has 180 valence electrons. The molecule has 2 aliphatic rings. The maximum absolute atomic E-state index is 10.9. The molecule has 5 rings (SSSR count). The molecule has 5 heteroatoms. The van der Waals surface area contributed by atoms with Crippen LogP contribution in [0.4, 0.5) is 0 Å². The molecule has 0 bridgehead atoms. The van der Waals surface area contributed by atoms with Gasteiger partial charge in [-0.2, -0.15) is 0 Å². The van der Waals surface area contributed by atoms with Gasteiger partial charge in [0.25, 0.3) is 0 Å². The van der Waals surface area contributed by atoms with Gasteiger partial charge in [-0.15, -0.1) is 0 Å². The van der Waals surface area contributed by atoms with Gasteiger partial charge in [-0.3, -0.25) is 0 Å². The molecule has 1 atom stereocenters. The number of carboxylic acid groups (broad SMARTS) is 1. The molecule has 0 saturated heterocycles. The Morgan fingerprint density at radius 1 is 0.914 bits per heavy atom. The summed E-state index contributed by atoms with van der Waals surface area (Å²) in [6.07, 6.45) is 5.53. The summed E-state index contributed by atoms with van der Waals surface area (Å²) in [4.78, 5) is 17.2. The van der Waals surface area contributed by atoms with Gasteiger partial charge in [0.1, 0.15) is 5.75 Å². The highest BCUT2D eigenvalue weighted by atomic mass is 16.6. The number of carbonyl (C=O) groups is 1. The lowest BCUT2D eigenvalue weighted by atomic mass is 9.81. The first-order valence-electron chi connectivity index (χ1n) is 12.4. The average Bonchev–Trinajstić information content (AvgIpc) is 3.03. The summed E-state index contributed by atoms with van der Waals surface area (Å²) in [5.74, 6) is 0.211. The fourth-order valence-electron chi connectivity index (χ4n) is 5.48. The first-order valence-corrected chi connectivity index (χ1v) is 12.4. The number of ether oxygens (including phenoxy) is 1. The monoisotopic (exact) mass is 469 g/mol. The van der Waals surface area contributed by atoms with Gasteiger partial charge in [-0.25, -0.2) is 4.79 Å². The molecule has 0 heterocycles. The molecule has 1 N–H and O–H groups in total. The maximum atomic E-state index is 10.9. The van der Waals surface area contributed by atoms with Crippen LogP contribution < -0.4 is 4.74 Å². The topological polar surface area (TPSA) is 68.1 Å². The van der Waals surface area contributed by atoms with E-state index >= 15 is 0 Å². The van der Waals surface area contributed by atoms with E-state index in [1.54, 1.807) is 0 Å². The van der Waals surface area contributed by atoms with Crippen molar-refractivity contribution in [1.29, 1.82) is 0 Å². The molecule has 0 aliphatic heterocycles. The Kier molecular flexibility index (Phi) is 6.84. The molecule has 0 aromatic heterocycles. The van der Waals surface area contributed by atoms with E-state index in [-0.39, 0.29) is 12.7 Å². The molecule has 1 unspecified atom stereocenters. The average molecular weight is 470 g/mol. The third-order valence-electron chi connectivity index (χ3n) is 7.13. The fourth-order valence-corrected chi connectivity index (χ4v) is 5.48. The van der Waals surface area contributed by atoms with Crippen LogP contribution in [0.3, 0.4) is 0 Å². The van der Waals surface area contributed by atoms with Gasteiger partial charge < -0.3 is 14.7 Å². The molecule has 3 aromatic rings. The first-order chi connectivity index (χ1) is 17.1. The van der Waals surface area contributed by atoms with Crippen molar-refractivity contribution >= 4 is 11.7 Å². The highest BCUT2D eigenvalue weighted by Crippen LogP contribution is 2.36. The molecule has 5 nitrogen and oxygen atoms in total. The lowest BCUT2D eigenvalue weighted by Crippen LogP contribution is -2.19. The molecule has 0 spiro atoms. The minimum absolute atomic E-state index is 0.194. The van der Waals surface area contributed by atoms with Crippen LogP contribution >= 0.6 is 0 Å². The number of aryl methyl sites for hydroxylation is 2. The number of hydrogen-bond donors (Lipinski definition) is 1. The Labute approximate surface area is 206 Å². The second-order valence-electron chi connectivity index (χ2n) is 9.60. The minimum Gasteiger partial charge on any atom is -0.482 e. The van der Waals surface area contributed by atoms with E-state index in [9.17, 15) is 4.79 Å². The van der Waals surface area contributed by atoms with Crippen molar-refractivity contribution in [2.75, 3.05) is 6.61 Å². The van der Waals surface area contributed by atoms with Gasteiger partial charge in [-0.05, 0) is 79.7 Å². The molecule has 3 aromatic carbocycles. The molecule has 0 saturated carbocycles. The van der Waals surface area contributed by atoms with Gasteiger partial charge in [-0.1, -0.05) is 65.8 Å². The number of hydrogen-bond acceptors (Lipinski definition) is 4. The van der Waals surface area contributed by atoms with Gasteiger partial charge in [0.05, 0.1) is 5.71 Å². The van der Waals surface area contributed by atoms with Crippen LogP contribution in [0.2, 0.25) is 0 Å². The van der Waals surface area contributed by atoms with Gasteiger partial charge in [0, 0.05) is 11.1 Å². The number of carboxylic acids is 1. The van der Waals surface area contributed by atoms with Crippen LogP contribution in [0.1, 0.15) is 59.3 Å². The van der Waals surface area contributed by atoms with E-state index in [2.05, 4.69) is 66.7 Å². The minimum atomic E-state index is -0.956. The van der Waals surface area contributed by atoms with E-state index in [0.29, 0.717) is 11.7 Å². The quantitative estimate of drug-likeness (QED) is 0.344. The summed E-state index contributed by atoms with van der Waals surface area (Å²) in [5, 5.41) is 13.6. The summed E-state index contributed by atoms with van der Waals surface area (Å²) >= 11 is 0.